The average Bonchev–Trinajstić information content (AvgIpc) is 2.75. The summed E-state index contributed by atoms with van der Waals surface area (Å²) in [6, 6.07) is 5.62. The van der Waals surface area contributed by atoms with Crippen molar-refractivity contribution in [3.63, 3.8) is 0 Å². The summed E-state index contributed by atoms with van der Waals surface area (Å²) >= 11 is 0. The number of nitrogens with zero attached hydrogens (tertiary/aromatic N) is 2. The lowest BCUT2D eigenvalue weighted by Crippen LogP contribution is -2.23. The van der Waals surface area contributed by atoms with Crippen LogP contribution in [0.5, 0.6) is 0 Å². The highest BCUT2D eigenvalue weighted by Gasteiger charge is 2.34. The van der Waals surface area contributed by atoms with Crippen molar-refractivity contribution in [2.75, 3.05) is 0 Å². The number of pyridine rings is 1. The van der Waals surface area contributed by atoms with Crippen molar-refractivity contribution in [3.05, 3.63) is 29.6 Å². The highest BCUT2D eigenvalue weighted by Crippen LogP contribution is 2.37. The van der Waals surface area contributed by atoms with Gasteiger partial charge in [-0.15, -0.1) is 0 Å². The molecule has 0 saturated heterocycles. The van der Waals surface area contributed by atoms with Gasteiger partial charge in [0.1, 0.15) is 5.60 Å². The minimum absolute atomic E-state index is 0.424. The first-order valence-electron chi connectivity index (χ1n) is 5.53. The fraction of sp³-hybridized carbons (Fsp3) is 0.545. The molecule has 5 heteroatoms. The predicted octanol–water partition coefficient (Wildman–Crippen LogP) is 1.88. The van der Waals surface area contributed by atoms with Crippen molar-refractivity contribution in [2.45, 2.75) is 37.8 Å². The molecule has 1 aromatic rings. The van der Waals surface area contributed by atoms with Gasteiger partial charge in [0, 0.05) is 0 Å². The van der Waals surface area contributed by atoms with E-state index < -0.39 is 5.60 Å². The van der Waals surface area contributed by atoms with E-state index in [9.17, 15) is 5.11 Å². The van der Waals surface area contributed by atoms with Gasteiger partial charge in [0.25, 0.3) is 0 Å². The van der Waals surface area contributed by atoms with Gasteiger partial charge < -0.3 is 5.11 Å². The fourth-order valence-electron chi connectivity index (χ4n) is 2.17. The standard InChI is InChI=1S/C11H16N4O/c12-15-13-8-9-4-3-5-10(14-9)11(16)6-1-2-7-11/h3-5,16H,1-2,6-8H2,(H2,12,13). The van der Waals surface area contributed by atoms with E-state index >= 15 is 0 Å². The second-order valence-corrected chi connectivity index (χ2v) is 4.20. The summed E-state index contributed by atoms with van der Waals surface area (Å²) in [5.74, 6) is 0. The Balaban J connectivity index is 2.17. The minimum Gasteiger partial charge on any atom is -0.384 e. The Morgan fingerprint density at radius 1 is 1.44 bits per heavy atom. The van der Waals surface area contributed by atoms with Crippen LogP contribution in [0.4, 0.5) is 0 Å². The molecule has 0 amide bonds. The number of hydrogen-bond donors (Lipinski definition) is 3. The number of aliphatic hydroxyl groups is 1. The zero-order valence-electron chi connectivity index (χ0n) is 9.11. The maximum absolute atomic E-state index is 10.4. The molecule has 0 aliphatic heterocycles. The number of nitrogens with one attached hydrogen (secondary N) is 2. The number of aromatic nitrogens is 1. The van der Waals surface area contributed by atoms with Crippen LogP contribution < -0.4 is 5.43 Å². The van der Waals surface area contributed by atoms with Gasteiger partial charge >= 0.3 is 0 Å². The van der Waals surface area contributed by atoms with Crippen LogP contribution in [0, 0.1) is 5.53 Å². The number of rotatable bonds is 4. The first kappa shape index (κ1) is 11.0. The van der Waals surface area contributed by atoms with Crippen molar-refractivity contribution in [2.24, 2.45) is 5.22 Å². The summed E-state index contributed by atoms with van der Waals surface area (Å²) in [4.78, 5) is 4.41. The molecular weight excluding hydrogens is 204 g/mol. The Kier molecular flexibility index (Phi) is 3.14. The molecule has 0 aromatic carbocycles. The summed E-state index contributed by atoms with van der Waals surface area (Å²) < 4.78 is 0. The molecule has 0 atom stereocenters. The summed E-state index contributed by atoms with van der Waals surface area (Å²) in [7, 11) is 0. The third-order valence-corrected chi connectivity index (χ3v) is 3.05. The quantitative estimate of drug-likeness (QED) is 0.535. The molecule has 16 heavy (non-hydrogen) atoms. The summed E-state index contributed by atoms with van der Waals surface area (Å²) in [6.45, 7) is 0.424. The zero-order chi connectivity index (χ0) is 11.4. The summed E-state index contributed by atoms with van der Waals surface area (Å²) in [5, 5.41) is 13.4. The molecular formula is C11H16N4O. The highest BCUT2D eigenvalue weighted by atomic mass is 16.3. The second-order valence-electron chi connectivity index (χ2n) is 4.20. The van der Waals surface area contributed by atoms with Crippen LogP contribution in [0.15, 0.2) is 23.4 Å². The van der Waals surface area contributed by atoms with Gasteiger partial charge in [0.2, 0.25) is 0 Å². The SMILES string of the molecule is N=NNCc1cccc(C2(O)CCCC2)n1. The molecule has 1 aliphatic carbocycles. The minimum atomic E-state index is -0.742. The van der Waals surface area contributed by atoms with Crippen molar-refractivity contribution >= 4 is 0 Å². The molecule has 2 rings (SSSR count). The van der Waals surface area contributed by atoms with Crippen LogP contribution >= 0.6 is 0 Å². The topological polar surface area (TPSA) is 81.4 Å². The molecule has 1 fully saturated rings. The third-order valence-electron chi connectivity index (χ3n) is 3.05. The normalized spacial score (nSPS) is 18.3. The lowest BCUT2D eigenvalue weighted by atomic mass is 9.97. The van der Waals surface area contributed by atoms with E-state index in [4.69, 9.17) is 5.53 Å². The average molecular weight is 220 g/mol. The first-order chi connectivity index (χ1) is 7.74. The summed E-state index contributed by atoms with van der Waals surface area (Å²) in [5.41, 5.74) is 9.99. The van der Waals surface area contributed by atoms with E-state index in [0.717, 1.165) is 37.1 Å². The lowest BCUT2D eigenvalue weighted by molar-refractivity contribution is 0.0397. The maximum Gasteiger partial charge on any atom is 0.106 e. The van der Waals surface area contributed by atoms with E-state index in [1.165, 1.54) is 0 Å². The van der Waals surface area contributed by atoms with Crippen molar-refractivity contribution in [3.8, 4) is 0 Å². The molecule has 5 nitrogen and oxygen atoms in total. The second kappa shape index (κ2) is 4.57. The van der Waals surface area contributed by atoms with Gasteiger partial charge in [0.05, 0.1) is 17.9 Å². The van der Waals surface area contributed by atoms with Gasteiger partial charge in [-0.3, -0.25) is 10.4 Å². The fourth-order valence-corrected chi connectivity index (χ4v) is 2.17. The van der Waals surface area contributed by atoms with Crippen LogP contribution in [-0.2, 0) is 12.1 Å². The van der Waals surface area contributed by atoms with Gasteiger partial charge in [0.15, 0.2) is 0 Å². The van der Waals surface area contributed by atoms with Gasteiger partial charge in [-0.05, 0) is 25.0 Å². The van der Waals surface area contributed by atoms with Gasteiger partial charge in [-0.2, -0.15) is 5.53 Å². The third kappa shape index (κ3) is 2.19. The Morgan fingerprint density at radius 2 is 2.19 bits per heavy atom. The lowest BCUT2D eigenvalue weighted by Gasteiger charge is -2.21. The molecule has 1 saturated carbocycles. The van der Waals surface area contributed by atoms with Crippen LogP contribution in [0.2, 0.25) is 0 Å². The molecule has 1 heterocycles. The molecule has 0 unspecified atom stereocenters. The molecule has 0 spiro atoms. The smallest absolute Gasteiger partial charge is 0.106 e. The Hall–Kier alpha value is -1.49. The molecule has 0 radical (unpaired) electrons. The maximum atomic E-state index is 10.4. The van der Waals surface area contributed by atoms with Gasteiger partial charge in [-0.1, -0.05) is 24.1 Å². The van der Waals surface area contributed by atoms with E-state index in [-0.39, 0.29) is 0 Å². The Bertz CT molecular complexity index is 374. The van der Waals surface area contributed by atoms with E-state index in [2.05, 4.69) is 15.6 Å². The molecule has 1 aromatic heterocycles. The zero-order valence-corrected chi connectivity index (χ0v) is 9.11. The van der Waals surface area contributed by atoms with Crippen LogP contribution in [-0.4, -0.2) is 10.1 Å². The highest BCUT2D eigenvalue weighted by molar-refractivity contribution is 5.18. The van der Waals surface area contributed by atoms with Crippen molar-refractivity contribution in [1.82, 2.24) is 10.4 Å². The molecule has 1 aliphatic rings. The van der Waals surface area contributed by atoms with E-state index in [1.54, 1.807) is 0 Å². The Labute approximate surface area is 94.4 Å². The molecule has 0 bridgehead atoms. The van der Waals surface area contributed by atoms with Crippen molar-refractivity contribution < 1.29 is 5.11 Å². The van der Waals surface area contributed by atoms with E-state index in [1.807, 2.05) is 18.2 Å². The first-order valence-corrected chi connectivity index (χ1v) is 5.53. The van der Waals surface area contributed by atoms with Crippen LogP contribution in [0.1, 0.15) is 37.1 Å². The molecule has 86 valence electrons. The monoisotopic (exact) mass is 220 g/mol. The largest absolute Gasteiger partial charge is 0.384 e. The summed E-state index contributed by atoms with van der Waals surface area (Å²) in [6.07, 6.45) is 3.70. The predicted molar refractivity (Wildman–Crippen MR) is 58.6 cm³/mol. The molecule has 3 N–H and O–H groups in total. The van der Waals surface area contributed by atoms with Gasteiger partial charge in [-0.25, -0.2) is 0 Å². The Morgan fingerprint density at radius 3 is 2.88 bits per heavy atom. The van der Waals surface area contributed by atoms with Crippen molar-refractivity contribution in [1.29, 1.82) is 5.53 Å². The van der Waals surface area contributed by atoms with Crippen LogP contribution in [0.25, 0.3) is 0 Å². The van der Waals surface area contributed by atoms with E-state index in [0.29, 0.717) is 6.54 Å². The van der Waals surface area contributed by atoms with Crippen LogP contribution in [0.3, 0.4) is 0 Å². The number of hydrogen-bond acceptors (Lipinski definition) is 4.